The van der Waals surface area contributed by atoms with E-state index < -0.39 is 11.5 Å². The van der Waals surface area contributed by atoms with Crippen LogP contribution in [0.4, 0.5) is 8.78 Å². The van der Waals surface area contributed by atoms with Gasteiger partial charge in [0.2, 0.25) is 5.92 Å². The monoisotopic (exact) mass is 226 g/mol. The van der Waals surface area contributed by atoms with E-state index in [2.05, 4.69) is 4.98 Å². The highest BCUT2D eigenvalue weighted by atomic mass is 19.3. The zero-order valence-electron chi connectivity index (χ0n) is 9.34. The second-order valence-corrected chi connectivity index (χ2v) is 4.70. The van der Waals surface area contributed by atoms with Gasteiger partial charge in [-0.2, -0.15) is 0 Å². The molecule has 1 fully saturated rings. The first-order valence-electron chi connectivity index (χ1n) is 5.51. The Labute approximate surface area is 93.9 Å². The van der Waals surface area contributed by atoms with Crippen molar-refractivity contribution in [3.63, 3.8) is 0 Å². The summed E-state index contributed by atoms with van der Waals surface area (Å²) in [4.78, 5) is 4.17. The molecule has 88 valence electrons. The van der Waals surface area contributed by atoms with Gasteiger partial charge in [-0.3, -0.25) is 4.98 Å². The molecule has 0 bridgehead atoms. The Morgan fingerprint density at radius 3 is 2.31 bits per heavy atom. The van der Waals surface area contributed by atoms with Gasteiger partial charge in [0.1, 0.15) is 0 Å². The molecule has 0 unspecified atom stereocenters. The maximum absolute atomic E-state index is 13.1. The van der Waals surface area contributed by atoms with Gasteiger partial charge in [-0.05, 0) is 31.4 Å². The highest BCUT2D eigenvalue weighted by Crippen LogP contribution is 2.41. The minimum atomic E-state index is -2.54. The van der Waals surface area contributed by atoms with Crippen molar-refractivity contribution >= 4 is 0 Å². The summed E-state index contributed by atoms with van der Waals surface area (Å²) in [5.41, 5.74) is 7.34. The van der Waals surface area contributed by atoms with Crippen LogP contribution in [0.2, 0.25) is 0 Å². The Kier molecular flexibility index (Phi) is 2.70. The van der Waals surface area contributed by atoms with Crippen LogP contribution in [0, 0.1) is 6.92 Å². The van der Waals surface area contributed by atoms with Crippen LogP contribution < -0.4 is 5.73 Å². The molecule has 1 heterocycles. The number of alkyl halides is 2. The molecule has 0 saturated heterocycles. The Morgan fingerprint density at radius 1 is 1.19 bits per heavy atom. The molecule has 0 amide bonds. The van der Waals surface area contributed by atoms with Crippen molar-refractivity contribution in [3.8, 4) is 0 Å². The van der Waals surface area contributed by atoms with Gasteiger partial charge in [0.05, 0.1) is 0 Å². The fourth-order valence-corrected chi connectivity index (χ4v) is 2.11. The van der Waals surface area contributed by atoms with Crippen molar-refractivity contribution < 1.29 is 8.78 Å². The van der Waals surface area contributed by atoms with Crippen LogP contribution in [0.25, 0.3) is 0 Å². The number of pyridine rings is 1. The average molecular weight is 226 g/mol. The van der Waals surface area contributed by atoms with Gasteiger partial charge in [-0.15, -0.1) is 0 Å². The molecule has 2 rings (SSSR count). The summed E-state index contributed by atoms with van der Waals surface area (Å²) >= 11 is 0. The predicted molar refractivity (Wildman–Crippen MR) is 58.3 cm³/mol. The number of halogens is 2. The van der Waals surface area contributed by atoms with Crippen LogP contribution in [0.15, 0.2) is 18.3 Å². The minimum Gasteiger partial charge on any atom is -0.321 e. The first-order valence-corrected chi connectivity index (χ1v) is 5.51. The van der Waals surface area contributed by atoms with Crippen molar-refractivity contribution in [2.75, 3.05) is 0 Å². The molecule has 4 heteroatoms. The number of hydrogen-bond donors (Lipinski definition) is 1. The predicted octanol–water partition coefficient (Wildman–Crippen LogP) is 2.75. The minimum absolute atomic E-state index is 0.128. The van der Waals surface area contributed by atoms with Crippen LogP contribution in [0.1, 0.15) is 36.9 Å². The van der Waals surface area contributed by atoms with Crippen LogP contribution in [0.3, 0.4) is 0 Å². The largest absolute Gasteiger partial charge is 0.321 e. The molecule has 1 aliphatic rings. The molecule has 1 aliphatic carbocycles. The normalized spacial score (nSPS) is 23.0. The molecule has 16 heavy (non-hydrogen) atoms. The van der Waals surface area contributed by atoms with E-state index in [0.717, 1.165) is 11.3 Å². The molecule has 2 nitrogen and oxygen atoms in total. The molecule has 0 aliphatic heterocycles. The van der Waals surface area contributed by atoms with E-state index in [1.54, 1.807) is 6.20 Å². The summed E-state index contributed by atoms with van der Waals surface area (Å²) in [5.74, 6) is -2.54. The third-order valence-corrected chi connectivity index (χ3v) is 3.36. The number of nitrogens with two attached hydrogens (primary N) is 1. The number of hydrogen-bond acceptors (Lipinski definition) is 2. The van der Waals surface area contributed by atoms with Gasteiger partial charge in [-0.1, -0.05) is 6.07 Å². The summed E-state index contributed by atoms with van der Waals surface area (Å²) in [6.07, 6.45) is 2.10. The molecule has 0 radical (unpaired) electrons. The van der Waals surface area contributed by atoms with E-state index in [1.165, 1.54) is 0 Å². The summed E-state index contributed by atoms with van der Waals surface area (Å²) in [6.45, 7) is 1.89. The van der Waals surface area contributed by atoms with E-state index in [-0.39, 0.29) is 12.8 Å². The lowest BCUT2D eigenvalue weighted by Crippen LogP contribution is -2.43. The van der Waals surface area contributed by atoms with Crippen LogP contribution in [-0.4, -0.2) is 10.9 Å². The van der Waals surface area contributed by atoms with Crippen LogP contribution in [-0.2, 0) is 5.54 Å². The van der Waals surface area contributed by atoms with E-state index >= 15 is 0 Å². The van der Waals surface area contributed by atoms with Crippen LogP contribution >= 0.6 is 0 Å². The van der Waals surface area contributed by atoms with Gasteiger partial charge >= 0.3 is 0 Å². The first-order chi connectivity index (χ1) is 7.41. The topological polar surface area (TPSA) is 38.9 Å². The van der Waals surface area contributed by atoms with Crippen molar-refractivity contribution in [1.82, 2.24) is 4.98 Å². The Balaban J connectivity index is 2.18. The van der Waals surface area contributed by atoms with Crippen molar-refractivity contribution in [1.29, 1.82) is 0 Å². The average Bonchev–Trinajstić information content (AvgIpc) is 2.24. The molecule has 0 spiro atoms. The molecule has 1 aromatic heterocycles. The quantitative estimate of drug-likeness (QED) is 0.799. The summed E-state index contributed by atoms with van der Waals surface area (Å²) in [5, 5.41) is 0. The molecule has 2 N–H and O–H groups in total. The lowest BCUT2D eigenvalue weighted by atomic mass is 9.76. The van der Waals surface area contributed by atoms with Gasteiger partial charge in [0.15, 0.2) is 0 Å². The Bertz CT molecular complexity index is 363. The highest BCUT2D eigenvalue weighted by Gasteiger charge is 2.42. The maximum atomic E-state index is 13.1. The van der Waals surface area contributed by atoms with Crippen molar-refractivity contribution in [2.24, 2.45) is 5.73 Å². The second-order valence-electron chi connectivity index (χ2n) is 4.70. The van der Waals surface area contributed by atoms with E-state index in [9.17, 15) is 8.78 Å². The van der Waals surface area contributed by atoms with Gasteiger partial charge in [0, 0.05) is 30.3 Å². The summed E-state index contributed by atoms with van der Waals surface area (Å²) in [7, 11) is 0. The SMILES string of the molecule is Cc1ccc(C2(N)CCC(F)(F)CC2)cn1. The van der Waals surface area contributed by atoms with E-state index in [4.69, 9.17) is 5.73 Å². The molecular weight excluding hydrogens is 210 g/mol. The molecule has 0 aromatic carbocycles. The third-order valence-electron chi connectivity index (χ3n) is 3.36. The summed E-state index contributed by atoms with van der Waals surface area (Å²) in [6, 6.07) is 3.77. The van der Waals surface area contributed by atoms with E-state index in [1.807, 2.05) is 19.1 Å². The van der Waals surface area contributed by atoms with E-state index in [0.29, 0.717) is 12.8 Å². The van der Waals surface area contributed by atoms with Crippen LogP contribution in [0.5, 0.6) is 0 Å². The third kappa shape index (κ3) is 2.21. The number of rotatable bonds is 1. The fraction of sp³-hybridized carbons (Fsp3) is 0.583. The zero-order valence-corrected chi connectivity index (χ0v) is 9.34. The molecule has 1 saturated carbocycles. The van der Waals surface area contributed by atoms with Crippen molar-refractivity contribution in [3.05, 3.63) is 29.6 Å². The number of nitrogens with zero attached hydrogens (tertiary/aromatic N) is 1. The van der Waals surface area contributed by atoms with Gasteiger partial charge in [-0.25, -0.2) is 8.78 Å². The lowest BCUT2D eigenvalue weighted by Gasteiger charge is -2.37. The van der Waals surface area contributed by atoms with Gasteiger partial charge in [0.25, 0.3) is 0 Å². The second kappa shape index (κ2) is 3.77. The first kappa shape index (κ1) is 11.5. The standard InChI is InChI=1S/C12H16F2N2/c1-9-2-3-10(8-16-9)11(15)4-6-12(13,14)7-5-11/h2-3,8H,4-7,15H2,1H3. The Morgan fingerprint density at radius 2 is 1.81 bits per heavy atom. The fourth-order valence-electron chi connectivity index (χ4n) is 2.11. The zero-order chi connectivity index (χ0) is 11.8. The van der Waals surface area contributed by atoms with Gasteiger partial charge < -0.3 is 5.73 Å². The maximum Gasteiger partial charge on any atom is 0.248 e. The lowest BCUT2D eigenvalue weighted by molar-refractivity contribution is -0.0514. The highest BCUT2D eigenvalue weighted by molar-refractivity contribution is 5.23. The number of aromatic nitrogens is 1. The van der Waals surface area contributed by atoms with Crippen molar-refractivity contribution in [2.45, 2.75) is 44.1 Å². The molecule has 0 atom stereocenters. The Hall–Kier alpha value is -1.03. The molecular formula is C12H16F2N2. The molecule has 1 aromatic rings. The smallest absolute Gasteiger partial charge is 0.248 e. The number of aryl methyl sites for hydroxylation is 1. The summed E-state index contributed by atoms with van der Waals surface area (Å²) < 4.78 is 26.1.